The van der Waals surface area contributed by atoms with Gasteiger partial charge >= 0.3 is 0 Å². The molecule has 0 amide bonds. The fourth-order valence-electron chi connectivity index (χ4n) is 0.793. The molecular formula is C6H10N2S. The molecule has 50 valence electrons. The Kier molecular flexibility index (Phi) is 1.83. The van der Waals surface area contributed by atoms with Crippen LogP contribution in [0, 0.1) is 13.8 Å². The summed E-state index contributed by atoms with van der Waals surface area (Å²) in [5, 5.41) is 0. The van der Waals surface area contributed by atoms with Crippen LogP contribution in [-0.2, 0) is 6.54 Å². The number of hydrogen-bond donors (Lipinski definition) is 1. The highest BCUT2D eigenvalue weighted by Crippen LogP contribution is 2.15. The minimum absolute atomic E-state index is 0.619. The van der Waals surface area contributed by atoms with E-state index in [1.165, 1.54) is 22.0 Å². The van der Waals surface area contributed by atoms with Crippen LogP contribution in [0.15, 0.2) is 0 Å². The molecule has 9 heavy (non-hydrogen) atoms. The first-order valence-electron chi connectivity index (χ1n) is 2.87. The second kappa shape index (κ2) is 2.45. The van der Waals surface area contributed by atoms with Crippen molar-refractivity contribution in [3.05, 3.63) is 16.1 Å². The van der Waals surface area contributed by atoms with Gasteiger partial charge in [0.25, 0.3) is 0 Å². The van der Waals surface area contributed by atoms with E-state index in [1.807, 2.05) is 13.8 Å². The molecule has 3 heteroatoms. The van der Waals surface area contributed by atoms with Crippen LogP contribution >= 0.6 is 11.5 Å². The van der Waals surface area contributed by atoms with E-state index >= 15 is 0 Å². The summed E-state index contributed by atoms with van der Waals surface area (Å²) < 4.78 is 4.15. The predicted molar refractivity (Wildman–Crippen MR) is 39.5 cm³/mol. The Labute approximate surface area is 58.9 Å². The molecule has 0 aromatic carbocycles. The normalized spacial score (nSPS) is 10.1. The van der Waals surface area contributed by atoms with Crippen LogP contribution in [0.1, 0.15) is 16.1 Å². The third kappa shape index (κ3) is 1.11. The second-order valence-corrected chi connectivity index (χ2v) is 2.98. The Morgan fingerprint density at radius 3 is 2.44 bits per heavy atom. The Balaban J connectivity index is 3.07. The summed E-state index contributed by atoms with van der Waals surface area (Å²) in [6, 6.07) is 0. The maximum absolute atomic E-state index is 5.46. The van der Waals surface area contributed by atoms with Crippen molar-refractivity contribution in [1.29, 1.82) is 0 Å². The number of aromatic nitrogens is 1. The van der Waals surface area contributed by atoms with E-state index in [9.17, 15) is 0 Å². The highest BCUT2D eigenvalue weighted by atomic mass is 32.1. The van der Waals surface area contributed by atoms with Gasteiger partial charge in [0.05, 0.1) is 5.69 Å². The molecule has 0 spiro atoms. The van der Waals surface area contributed by atoms with Crippen LogP contribution in [-0.4, -0.2) is 4.37 Å². The van der Waals surface area contributed by atoms with Crippen molar-refractivity contribution in [1.82, 2.24) is 4.37 Å². The molecule has 1 heterocycles. The minimum atomic E-state index is 0.619. The summed E-state index contributed by atoms with van der Waals surface area (Å²) in [4.78, 5) is 1.25. The number of nitrogens with zero attached hydrogens (tertiary/aromatic N) is 1. The fourth-order valence-corrected chi connectivity index (χ4v) is 1.52. The first kappa shape index (κ1) is 6.71. The van der Waals surface area contributed by atoms with Crippen LogP contribution in [0.4, 0.5) is 0 Å². The van der Waals surface area contributed by atoms with Gasteiger partial charge in [-0.3, -0.25) is 0 Å². The molecule has 0 bridgehead atoms. The topological polar surface area (TPSA) is 38.9 Å². The lowest BCUT2D eigenvalue weighted by molar-refractivity contribution is 1.03. The average molecular weight is 142 g/mol. The number of hydrogen-bond acceptors (Lipinski definition) is 3. The molecule has 0 atom stereocenters. The lowest BCUT2D eigenvalue weighted by atomic mass is 10.2. The van der Waals surface area contributed by atoms with Crippen LogP contribution in [0.25, 0.3) is 0 Å². The molecule has 0 aliphatic heterocycles. The molecular weight excluding hydrogens is 132 g/mol. The van der Waals surface area contributed by atoms with Crippen molar-refractivity contribution < 1.29 is 0 Å². The summed E-state index contributed by atoms with van der Waals surface area (Å²) in [6.07, 6.45) is 0. The van der Waals surface area contributed by atoms with Crippen LogP contribution in [0.3, 0.4) is 0 Å². The van der Waals surface area contributed by atoms with Crippen molar-refractivity contribution in [3.8, 4) is 0 Å². The van der Waals surface area contributed by atoms with Crippen LogP contribution in [0.5, 0.6) is 0 Å². The molecule has 2 N–H and O–H groups in total. The number of nitrogens with two attached hydrogens (primary N) is 1. The molecule has 1 aromatic heterocycles. The van der Waals surface area contributed by atoms with Gasteiger partial charge in [-0.1, -0.05) is 0 Å². The third-order valence-corrected chi connectivity index (χ3v) is 2.27. The molecule has 0 radical (unpaired) electrons. The highest BCUT2D eigenvalue weighted by Gasteiger charge is 2.02. The van der Waals surface area contributed by atoms with E-state index in [0.717, 1.165) is 5.69 Å². The van der Waals surface area contributed by atoms with Crippen molar-refractivity contribution in [2.75, 3.05) is 0 Å². The van der Waals surface area contributed by atoms with Gasteiger partial charge in [0.15, 0.2) is 0 Å². The zero-order valence-electron chi connectivity index (χ0n) is 5.64. The maximum atomic E-state index is 5.46. The Morgan fingerprint density at radius 1 is 1.56 bits per heavy atom. The quantitative estimate of drug-likeness (QED) is 0.640. The highest BCUT2D eigenvalue weighted by molar-refractivity contribution is 7.05. The lowest BCUT2D eigenvalue weighted by Gasteiger charge is -1.91. The summed E-state index contributed by atoms with van der Waals surface area (Å²) in [7, 11) is 0. The molecule has 1 rings (SSSR count). The Hall–Kier alpha value is -0.410. The first-order chi connectivity index (χ1) is 4.25. The zero-order chi connectivity index (χ0) is 6.85. The average Bonchev–Trinajstić information content (AvgIpc) is 2.12. The Bertz CT molecular complexity index is 185. The van der Waals surface area contributed by atoms with Crippen molar-refractivity contribution in [2.45, 2.75) is 20.4 Å². The molecule has 0 saturated heterocycles. The molecule has 1 aromatic rings. The van der Waals surface area contributed by atoms with Gasteiger partial charge in [0.1, 0.15) is 0 Å². The summed E-state index contributed by atoms with van der Waals surface area (Å²) in [5.41, 5.74) is 7.75. The van der Waals surface area contributed by atoms with E-state index in [-0.39, 0.29) is 0 Å². The van der Waals surface area contributed by atoms with E-state index in [0.29, 0.717) is 6.54 Å². The van der Waals surface area contributed by atoms with Gasteiger partial charge in [-0.2, -0.15) is 4.37 Å². The zero-order valence-corrected chi connectivity index (χ0v) is 6.46. The summed E-state index contributed by atoms with van der Waals surface area (Å²) in [6.45, 7) is 4.66. The second-order valence-electron chi connectivity index (χ2n) is 2.01. The van der Waals surface area contributed by atoms with Gasteiger partial charge in [-0.05, 0) is 25.4 Å². The third-order valence-electron chi connectivity index (χ3n) is 1.39. The minimum Gasteiger partial charge on any atom is -0.326 e. The molecule has 0 saturated carbocycles. The Morgan fingerprint density at radius 2 is 2.22 bits per heavy atom. The van der Waals surface area contributed by atoms with E-state index < -0.39 is 0 Å². The number of rotatable bonds is 1. The van der Waals surface area contributed by atoms with Gasteiger partial charge in [0, 0.05) is 17.0 Å². The van der Waals surface area contributed by atoms with Gasteiger partial charge in [-0.15, -0.1) is 0 Å². The maximum Gasteiger partial charge on any atom is 0.0558 e. The van der Waals surface area contributed by atoms with Gasteiger partial charge in [0.2, 0.25) is 0 Å². The van der Waals surface area contributed by atoms with Gasteiger partial charge < -0.3 is 5.73 Å². The first-order valence-corrected chi connectivity index (χ1v) is 3.65. The summed E-state index contributed by atoms with van der Waals surface area (Å²) in [5.74, 6) is 0. The smallest absolute Gasteiger partial charge is 0.0558 e. The molecule has 0 aliphatic rings. The van der Waals surface area contributed by atoms with Crippen LogP contribution < -0.4 is 5.73 Å². The fraction of sp³-hybridized carbons (Fsp3) is 0.500. The largest absolute Gasteiger partial charge is 0.326 e. The van der Waals surface area contributed by atoms with Crippen molar-refractivity contribution in [2.24, 2.45) is 5.73 Å². The van der Waals surface area contributed by atoms with E-state index in [1.54, 1.807) is 0 Å². The lowest BCUT2D eigenvalue weighted by Crippen LogP contribution is -1.97. The monoisotopic (exact) mass is 142 g/mol. The molecule has 2 nitrogen and oxygen atoms in total. The van der Waals surface area contributed by atoms with Crippen LogP contribution in [0.2, 0.25) is 0 Å². The summed E-state index contributed by atoms with van der Waals surface area (Å²) >= 11 is 1.53. The van der Waals surface area contributed by atoms with Crippen molar-refractivity contribution in [3.63, 3.8) is 0 Å². The molecule has 0 aliphatic carbocycles. The standard InChI is InChI=1S/C6H10N2S/c1-4-6(3-7)5(2)9-8-4/h3,7H2,1-2H3. The molecule has 0 fully saturated rings. The van der Waals surface area contributed by atoms with Crippen molar-refractivity contribution >= 4 is 11.5 Å². The SMILES string of the molecule is Cc1nsc(C)c1CN. The number of aryl methyl sites for hydroxylation is 2. The molecule has 0 unspecified atom stereocenters. The predicted octanol–water partition coefficient (Wildman–Crippen LogP) is 1.22. The van der Waals surface area contributed by atoms with E-state index in [2.05, 4.69) is 4.37 Å². The van der Waals surface area contributed by atoms with E-state index in [4.69, 9.17) is 5.73 Å². The van der Waals surface area contributed by atoms with Gasteiger partial charge in [-0.25, -0.2) is 0 Å².